The van der Waals surface area contributed by atoms with Crippen molar-refractivity contribution >= 4 is 49.2 Å². The van der Waals surface area contributed by atoms with Crippen molar-refractivity contribution in [3.05, 3.63) is 72.4 Å². The molecule has 2 aliphatic carbocycles. The van der Waals surface area contributed by atoms with E-state index in [1.807, 2.05) is 12.2 Å². The molecule has 0 aromatic rings. The summed E-state index contributed by atoms with van der Waals surface area (Å²) in [6.07, 6.45) is 13.9. The maximum Gasteiger partial charge on any atom is 2.00 e. The average molecular weight is 486 g/mol. The van der Waals surface area contributed by atoms with E-state index in [0.29, 0.717) is 24.0 Å². The van der Waals surface area contributed by atoms with Gasteiger partial charge < -0.3 is 30.2 Å². The molecule has 0 atom stereocenters. The van der Waals surface area contributed by atoms with E-state index >= 15 is 0 Å². The van der Waals surface area contributed by atoms with Gasteiger partial charge in [0.2, 0.25) is 0 Å². The number of hydrogen-bond acceptors (Lipinski definition) is 3. The Labute approximate surface area is 178 Å². The van der Waals surface area contributed by atoms with E-state index in [1.165, 1.54) is 25.0 Å². The van der Waals surface area contributed by atoms with Crippen molar-refractivity contribution in [1.82, 2.24) is 4.90 Å². The van der Waals surface area contributed by atoms with Gasteiger partial charge in [0.15, 0.2) is 0 Å². The van der Waals surface area contributed by atoms with Crippen molar-refractivity contribution in [3.63, 3.8) is 0 Å². The zero-order chi connectivity index (χ0) is 17.9. The summed E-state index contributed by atoms with van der Waals surface area (Å²) in [5, 5.41) is 0. The molecule has 1 nitrogen and oxygen atoms in total. The molecule has 1 saturated heterocycles. The Morgan fingerprint density at radius 3 is 1.48 bits per heavy atom. The summed E-state index contributed by atoms with van der Waals surface area (Å²) in [6, 6.07) is 0. The second kappa shape index (κ2) is 13.9. The zero-order valence-electron chi connectivity index (χ0n) is 14.2. The Kier molecular flexibility index (Phi) is 13.8. The maximum absolute atomic E-state index is 12.3. The van der Waals surface area contributed by atoms with Gasteiger partial charge in [-0.3, -0.25) is 0 Å². The van der Waals surface area contributed by atoms with Crippen LogP contribution in [0.5, 0.6) is 0 Å². The molecule has 3 aliphatic rings. The molecular formula is C19H23F2NS2Sn. The first-order valence-electron chi connectivity index (χ1n) is 7.88. The maximum atomic E-state index is 12.3. The Hall–Kier alpha value is -0.241. The molecule has 3 rings (SSSR count). The molecule has 6 heteroatoms. The fraction of sp³-hybridized carbons (Fsp3) is 0.368. The summed E-state index contributed by atoms with van der Waals surface area (Å²) in [7, 11) is 0. The van der Waals surface area contributed by atoms with Crippen molar-refractivity contribution in [1.29, 1.82) is 0 Å². The van der Waals surface area contributed by atoms with Crippen molar-refractivity contribution in [3.8, 4) is 0 Å². The number of nitrogens with zero attached hydrogens (tertiary/aromatic N) is 1. The molecule has 0 saturated carbocycles. The topological polar surface area (TPSA) is 3.24 Å². The molecule has 0 aromatic heterocycles. The monoisotopic (exact) mass is 487 g/mol. The van der Waals surface area contributed by atoms with Crippen LogP contribution in [0.2, 0.25) is 0 Å². The fourth-order valence-corrected chi connectivity index (χ4v) is 2.53. The molecule has 0 amide bonds. The average Bonchev–Trinajstić information content (AvgIpc) is 3.09. The number of allylic oxidation sites excluding steroid dienone is 10. The van der Waals surface area contributed by atoms with Gasteiger partial charge in [-0.1, -0.05) is 37.5 Å². The summed E-state index contributed by atoms with van der Waals surface area (Å²) in [5.74, 6) is -0.375. The van der Waals surface area contributed by atoms with Crippen LogP contribution >= 0.6 is 0 Å². The predicted molar refractivity (Wildman–Crippen MR) is 109 cm³/mol. The molecule has 1 heterocycles. The third kappa shape index (κ3) is 10.5. The largest absolute Gasteiger partial charge is 2.00 e. The smallest absolute Gasteiger partial charge is 0.800 e. The van der Waals surface area contributed by atoms with Crippen molar-refractivity contribution in [2.24, 2.45) is 0 Å². The molecular weight excluding hydrogens is 463 g/mol. The summed E-state index contributed by atoms with van der Waals surface area (Å²) in [5.41, 5.74) is 1.15. The van der Waals surface area contributed by atoms with Crippen LogP contribution in [0.1, 0.15) is 25.7 Å². The number of halogens is 2. The van der Waals surface area contributed by atoms with Gasteiger partial charge in [-0.25, -0.2) is 13.5 Å². The Morgan fingerprint density at radius 2 is 1.28 bits per heavy atom. The van der Waals surface area contributed by atoms with Gasteiger partial charge in [-0.2, -0.15) is 0 Å². The van der Waals surface area contributed by atoms with E-state index in [-0.39, 0.29) is 40.3 Å². The van der Waals surface area contributed by atoms with Gasteiger partial charge in [0.25, 0.3) is 0 Å². The minimum absolute atomic E-state index is 0. The van der Waals surface area contributed by atoms with E-state index in [2.05, 4.69) is 18.1 Å². The molecule has 1 fully saturated rings. The van der Waals surface area contributed by atoms with Crippen LogP contribution in [0.3, 0.4) is 0 Å². The van der Waals surface area contributed by atoms with Crippen molar-refractivity contribution in [2.45, 2.75) is 30.4 Å². The molecule has 134 valence electrons. The molecule has 2 radical (unpaired) electrons. The molecule has 0 unspecified atom stereocenters. The molecule has 25 heavy (non-hydrogen) atoms. The zero-order valence-corrected chi connectivity index (χ0v) is 18.7. The standard InChI is InChI=1S/2C7H7F.C5H11NS2.Sn/c2*1-6-4-2-3-5-7(6)8;7-5(8)6-3-1-2-4-6;/h2*2-3,5H,1,4H2;5,7-8H,1-4H2;/q;;;+2/p-2. The Bertz CT molecular complexity index is 520. The van der Waals surface area contributed by atoms with Gasteiger partial charge in [0, 0.05) is 0 Å². The molecule has 0 aromatic carbocycles. The first-order chi connectivity index (χ1) is 11.4. The summed E-state index contributed by atoms with van der Waals surface area (Å²) in [6.45, 7) is 9.25. The van der Waals surface area contributed by atoms with Crippen LogP contribution in [-0.2, 0) is 25.3 Å². The predicted octanol–water partition coefficient (Wildman–Crippen LogP) is 4.79. The number of likely N-dealkylation sites (tertiary alicyclic amines) is 1. The van der Waals surface area contributed by atoms with Crippen LogP contribution in [-0.4, -0.2) is 46.6 Å². The van der Waals surface area contributed by atoms with Gasteiger partial charge in [-0.05, 0) is 62.1 Å². The van der Waals surface area contributed by atoms with E-state index in [4.69, 9.17) is 25.3 Å². The second-order valence-electron chi connectivity index (χ2n) is 5.55. The van der Waals surface area contributed by atoms with Gasteiger partial charge >= 0.3 is 23.9 Å². The van der Waals surface area contributed by atoms with Crippen LogP contribution in [0.25, 0.3) is 0 Å². The van der Waals surface area contributed by atoms with Crippen LogP contribution in [0, 0.1) is 0 Å². The third-order valence-corrected chi connectivity index (χ3v) is 4.20. The molecule has 0 bridgehead atoms. The second-order valence-corrected chi connectivity index (χ2v) is 6.74. The van der Waals surface area contributed by atoms with Gasteiger partial charge in [0.05, 0.1) is 0 Å². The van der Waals surface area contributed by atoms with Crippen LogP contribution < -0.4 is 0 Å². The van der Waals surface area contributed by atoms with Crippen molar-refractivity contribution in [2.75, 3.05) is 13.1 Å². The van der Waals surface area contributed by atoms with Crippen LogP contribution in [0.15, 0.2) is 72.4 Å². The van der Waals surface area contributed by atoms with E-state index < -0.39 is 0 Å². The Balaban J connectivity index is 0.000000339. The minimum atomic E-state index is -0.187. The van der Waals surface area contributed by atoms with Crippen LogP contribution in [0.4, 0.5) is 8.78 Å². The number of hydrogen-bond donors (Lipinski definition) is 0. The summed E-state index contributed by atoms with van der Waals surface area (Å²) >= 11 is 9.76. The van der Waals surface area contributed by atoms with E-state index in [9.17, 15) is 8.78 Å². The SMILES string of the molecule is C=C1CC=CC=C1F.C=C1CC=CC=C1F.[S-]C([S-])N1CCCC1.[Sn+2]. The summed E-state index contributed by atoms with van der Waals surface area (Å²) in [4.78, 5) is 2.16. The first kappa shape index (κ1) is 24.8. The quantitative estimate of drug-likeness (QED) is 0.388. The van der Waals surface area contributed by atoms with Gasteiger partial charge in [0.1, 0.15) is 11.7 Å². The van der Waals surface area contributed by atoms with Gasteiger partial charge in [-0.15, -0.1) is 0 Å². The third-order valence-electron chi connectivity index (χ3n) is 3.60. The summed E-state index contributed by atoms with van der Waals surface area (Å²) < 4.78 is 24.5. The molecule has 1 aliphatic heterocycles. The van der Waals surface area contributed by atoms with E-state index in [0.717, 1.165) is 13.1 Å². The molecule has 0 N–H and O–H groups in total. The Morgan fingerprint density at radius 1 is 0.880 bits per heavy atom. The first-order valence-corrected chi connectivity index (χ1v) is 8.82. The fourth-order valence-electron chi connectivity index (χ4n) is 2.11. The molecule has 0 spiro atoms. The van der Waals surface area contributed by atoms with E-state index in [1.54, 1.807) is 12.2 Å². The normalized spacial score (nSPS) is 19.2. The number of rotatable bonds is 1. The van der Waals surface area contributed by atoms with Crippen molar-refractivity contribution < 1.29 is 8.78 Å². The minimum Gasteiger partial charge on any atom is -0.800 e.